The van der Waals surface area contributed by atoms with Gasteiger partial charge >= 0.3 is 0 Å². The van der Waals surface area contributed by atoms with E-state index < -0.39 is 0 Å². The van der Waals surface area contributed by atoms with Crippen LogP contribution in [0.25, 0.3) is 16.6 Å². The first-order valence-electron chi connectivity index (χ1n) is 16.2. The fraction of sp³-hybridized carbons (Fsp3) is 0.444. The van der Waals surface area contributed by atoms with Gasteiger partial charge in [0.15, 0.2) is 0 Å². The van der Waals surface area contributed by atoms with Gasteiger partial charge in [0.1, 0.15) is 28.9 Å². The molecule has 45 heavy (non-hydrogen) atoms. The van der Waals surface area contributed by atoms with Crippen molar-refractivity contribution in [2.24, 2.45) is 5.92 Å². The van der Waals surface area contributed by atoms with Crippen molar-refractivity contribution in [3.63, 3.8) is 0 Å². The Kier molecular flexibility index (Phi) is 8.04. The first-order valence-corrected chi connectivity index (χ1v) is 16.2. The van der Waals surface area contributed by atoms with Crippen LogP contribution >= 0.6 is 0 Å². The molecule has 9 nitrogen and oxygen atoms in total. The van der Waals surface area contributed by atoms with Crippen molar-refractivity contribution in [1.82, 2.24) is 19.8 Å². The van der Waals surface area contributed by atoms with Crippen LogP contribution in [0.3, 0.4) is 0 Å². The molecule has 0 spiro atoms. The van der Waals surface area contributed by atoms with E-state index in [0.29, 0.717) is 18.9 Å². The van der Waals surface area contributed by atoms with Crippen molar-refractivity contribution < 1.29 is 19.0 Å². The number of likely N-dealkylation sites (tertiary alicyclic amines) is 1. The molecule has 0 bridgehead atoms. The van der Waals surface area contributed by atoms with Crippen LogP contribution in [-0.4, -0.2) is 73.5 Å². The summed E-state index contributed by atoms with van der Waals surface area (Å²) in [4.78, 5) is 17.6. The Morgan fingerprint density at radius 1 is 0.933 bits per heavy atom. The lowest BCUT2D eigenvalue weighted by Crippen LogP contribution is -2.43. The minimum atomic E-state index is -0.160. The number of nitrogens with zero attached hydrogens (tertiary/aromatic N) is 4. The summed E-state index contributed by atoms with van der Waals surface area (Å²) in [7, 11) is 3.40. The van der Waals surface area contributed by atoms with E-state index in [-0.39, 0.29) is 24.0 Å². The van der Waals surface area contributed by atoms with E-state index in [1.165, 1.54) is 18.4 Å². The Hall–Kier alpha value is -4.24. The lowest BCUT2D eigenvalue weighted by Gasteiger charge is -2.30. The summed E-state index contributed by atoms with van der Waals surface area (Å²) in [5, 5.41) is 8.20. The molecule has 7 rings (SSSR count). The SMILES string of the molecule is COc1ccc([C@@H](C)N2C[C@H]([C@@H](C)Oc3cc(-c4ccc(N5CCNCC5)c(OC)c4)cn4ncc(C5CC5)c34)CC2=O)cc1. The van der Waals surface area contributed by atoms with Gasteiger partial charge in [-0.3, -0.25) is 4.79 Å². The van der Waals surface area contributed by atoms with E-state index >= 15 is 0 Å². The number of methoxy groups -OCH3 is 2. The third kappa shape index (κ3) is 5.81. The number of piperazine rings is 1. The summed E-state index contributed by atoms with van der Waals surface area (Å²) in [6.07, 6.45) is 6.76. The Balaban J connectivity index is 1.16. The minimum absolute atomic E-state index is 0.0221. The largest absolute Gasteiger partial charge is 0.497 e. The predicted octanol–water partition coefficient (Wildman–Crippen LogP) is 5.68. The molecule has 2 aromatic heterocycles. The van der Waals surface area contributed by atoms with Crippen LogP contribution in [0, 0.1) is 5.92 Å². The second kappa shape index (κ2) is 12.3. The van der Waals surface area contributed by atoms with Gasteiger partial charge in [0, 0.05) is 62.4 Å². The normalized spacial score (nSPS) is 20.0. The fourth-order valence-electron chi connectivity index (χ4n) is 6.88. The minimum Gasteiger partial charge on any atom is -0.497 e. The number of aromatic nitrogens is 2. The zero-order valence-corrected chi connectivity index (χ0v) is 26.7. The molecule has 1 N–H and O–H groups in total. The summed E-state index contributed by atoms with van der Waals surface area (Å²) in [6, 6.07) is 16.5. The summed E-state index contributed by atoms with van der Waals surface area (Å²) in [6.45, 7) is 8.69. The van der Waals surface area contributed by atoms with Gasteiger partial charge in [0.05, 0.1) is 32.1 Å². The molecular formula is C36H43N5O4. The number of amides is 1. The third-order valence-corrected chi connectivity index (χ3v) is 9.82. The summed E-state index contributed by atoms with van der Waals surface area (Å²) >= 11 is 0. The van der Waals surface area contributed by atoms with Crippen LogP contribution in [0.1, 0.15) is 56.2 Å². The molecule has 1 amide bonds. The monoisotopic (exact) mass is 609 g/mol. The molecule has 3 atom stereocenters. The van der Waals surface area contributed by atoms with Gasteiger partial charge in [-0.25, -0.2) is 4.52 Å². The number of anilines is 1. The highest BCUT2D eigenvalue weighted by Gasteiger charge is 2.37. The quantitative estimate of drug-likeness (QED) is 0.248. The summed E-state index contributed by atoms with van der Waals surface area (Å²) in [5.74, 6) is 3.26. The van der Waals surface area contributed by atoms with Gasteiger partial charge in [-0.15, -0.1) is 0 Å². The molecular weight excluding hydrogens is 566 g/mol. The number of pyridine rings is 1. The van der Waals surface area contributed by atoms with Crippen LogP contribution in [0.15, 0.2) is 60.9 Å². The molecule has 4 heterocycles. The van der Waals surface area contributed by atoms with E-state index in [0.717, 1.165) is 71.3 Å². The van der Waals surface area contributed by atoms with E-state index in [1.54, 1.807) is 14.2 Å². The molecule has 2 aliphatic heterocycles. The Morgan fingerprint density at radius 2 is 1.69 bits per heavy atom. The standard InChI is InChI=1S/C36H43N5O4/c1-23(25-7-10-30(43-3)11-8-25)40-21-28(19-35(40)42)24(2)45-34-18-29(22-41-36(34)31(20-38-41)26-5-6-26)27-9-12-32(33(17-27)44-4)39-15-13-37-14-16-39/h7-12,17-18,20,22-24,26,28,37H,5-6,13-16,19,21H2,1-4H3/t23-,24-,28-/m1/s1. The van der Waals surface area contributed by atoms with E-state index in [1.807, 2.05) is 39.9 Å². The summed E-state index contributed by atoms with van der Waals surface area (Å²) < 4.78 is 20.0. The lowest BCUT2D eigenvalue weighted by molar-refractivity contribution is -0.129. The molecule has 236 valence electrons. The van der Waals surface area contributed by atoms with Gasteiger partial charge in [-0.05, 0) is 74.1 Å². The smallest absolute Gasteiger partial charge is 0.223 e. The van der Waals surface area contributed by atoms with E-state index in [2.05, 4.69) is 54.5 Å². The number of carbonyl (C=O) groups is 1. The number of hydrogen-bond acceptors (Lipinski definition) is 7. The van der Waals surface area contributed by atoms with Crippen LogP contribution in [-0.2, 0) is 4.79 Å². The van der Waals surface area contributed by atoms with E-state index in [4.69, 9.17) is 19.3 Å². The van der Waals surface area contributed by atoms with Gasteiger partial charge in [-0.1, -0.05) is 18.2 Å². The average molecular weight is 610 g/mol. The first kappa shape index (κ1) is 29.5. The maximum Gasteiger partial charge on any atom is 0.223 e. The number of nitrogens with one attached hydrogen (secondary N) is 1. The Morgan fingerprint density at radius 3 is 2.40 bits per heavy atom. The summed E-state index contributed by atoms with van der Waals surface area (Å²) in [5.41, 5.74) is 6.54. The second-order valence-corrected chi connectivity index (χ2v) is 12.7. The van der Waals surface area contributed by atoms with Crippen LogP contribution in [0.5, 0.6) is 17.2 Å². The predicted molar refractivity (Wildman–Crippen MR) is 176 cm³/mol. The fourth-order valence-corrected chi connectivity index (χ4v) is 6.88. The molecule has 0 unspecified atom stereocenters. The van der Waals surface area contributed by atoms with Gasteiger partial charge in [0.2, 0.25) is 5.91 Å². The van der Waals surface area contributed by atoms with Gasteiger partial charge in [0.25, 0.3) is 0 Å². The van der Waals surface area contributed by atoms with Crippen molar-refractivity contribution in [3.05, 3.63) is 72.1 Å². The highest BCUT2D eigenvalue weighted by atomic mass is 16.5. The molecule has 0 radical (unpaired) electrons. The van der Waals surface area contributed by atoms with Gasteiger partial charge in [-0.2, -0.15) is 5.10 Å². The van der Waals surface area contributed by atoms with Gasteiger partial charge < -0.3 is 29.3 Å². The molecule has 2 aromatic carbocycles. The van der Waals surface area contributed by atoms with Crippen LogP contribution < -0.4 is 24.4 Å². The highest BCUT2D eigenvalue weighted by molar-refractivity contribution is 5.80. The third-order valence-electron chi connectivity index (χ3n) is 9.82. The van der Waals surface area contributed by atoms with Crippen molar-refractivity contribution >= 4 is 17.1 Å². The number of carbonyl (C=O) groups excluding carboxylic acids is 1. The lowest BCUT2D eigenvalue weighted by atomic mass is 10.0. The Labute approximate surface area is 265 Å². The van der Waals surface area contributed by atoms with Crippen molar-refractivity contribution in [1.29, 1.82) is 0 Å². The van der Waals surface area contributed by atoms with Crippen molar-refractivity contribution in [2.75, 3.05) is 51.8 Å². The zero-order valence-electron chi connectivity index (χ0n) is 26.7. The number of hydrogen-bond donors (Lipinski definition) is 1. The second-order valence-electron chi connectivity index (χ2n) is 12.7. The van der Waals surface area contributed by atoms with Crippen molar-refractivity contribution in [3.8, 4) is 28.4 Å². The number of ether oxygens (including phenoxy) is 3. The molecule has 4 aromatic rings. The number of rotatable bonds is 10. The average Bonchev–Trinajstić information content (AvgIpc) is 3.71. The van der Waals surface area contributed by atoms with Crippen molar-refractivity contribution in [2.45, 2.75) is 51.2 Å². The molecule has 9 heteroatoms. The first-order chi connectivity index (χ1) is 21.9. The molecule has 1 saturated carbocycles. The highest BCUT2D eigenvalue weighted by Crippen LogP contribution is 2.45. The molecule has 3 fully saturated rings. The number of benzene rings is 2. The Bertz CT molecular complexity index is 1680. The molecule has 3 aliphatic rings. The topological polar surface area (TPSA) is 80.6 Å². The van der Waals surface area contributed by atoms with Crippen LogP contribution in [0.4, 0.5) is 5.69 Å². The van der Waals surface area contributed by atoms with Crippen LogP contribution in [0.2, 0.25) is 0 Å². The zero-order chi connectivity index (χ0) is 31.1. The molecule has 2 saturated heterocycles. The van der Waals surface area contributed by atoms with E-state index in [9.17, 15) is 4.79 Å². The molecule has 1 aliphatic carbocycles. The maximum atomic E-state index is 13.3. The maximum absolute atomic E-state index is 13.3. The number of fused-ring (bicyclic) bond motifs is 1.